The number of primary amides is 1. The van der Waals surface area contributed by atoms with Gasteiger partial charge in [0, 0.05) is 5.56 Å². The quantitative estimate of drug-likeness (QED) is 0.940. The van der Waals surface area contributed by atoms with Crippen molar-refractivity contribution in [2.75, 3.05) is 7.11 Å². The van der Waals surface area contributed by atoms with Gasteiger partial charge in [-0.15, -0.1) is 0 Å². The van der Waals surface area contributed by atoms with E-state index in [2.05, 4.69) is 24.3 Å². The molecule has 0 aromatic heterocycles. The molecule has 0 unspecified atom stereocenters. The summed E-state index contributed by atoms with van der Waals surface area (Å²) in [5.41, 5.74) is 10.5. The second-order valence-corrected chi connectivity index (χ2v) is 5.44. The first kappa shape index (κ1) is 14.4. The second-order valence-electron chi connectivity index (χ2n) is 5.44. The van der Waals surface area contributed by atoms with Gasteiger partial charge in [0.05, 0.1) is 7.11 Å². The Morgan fingerprint density at radius 3 is 2.73 bits per heavy atom. The summed E-state index contributed by atoms with van der Waals surface area (Å²) < 4.78 is 5.32. The predicted octanol–water partition coefficient (Wildman–Crippen LogP) is 3.56. The number of ether oxygens (including phenoxy) is 1. The van der Waals surface area contributed by atoms with Crippen molar-refractivity contribution in [1.29, 1.82) is 0 Å². The predicted molar refractivity (Wildman–Crippen MR) is 88.0 cm³/mol. The van der Waals surface area contributed by atoms with Gasteiger partial charge in [0.15, 0.2) is 0 Å². The average Bonchev–Trinajstić information content (AvgIpc) is 2.76. The maximum atomic E-state index is 11.8. The zero-order valence-corrected chi connectivity index (χ0v) is 12.6. The summed E-state index contributed by atoms with van der Waals surface area (Å²) in [5.74, 6) is 0.308. The van der Waals surface area contributed by atoms with Crippen molar-refractivity contribution in [3.63, 3.8) is 0 Å². The van der Waals surface area contributed by atoms with Crippen LogP contribution in [0.1, 0.15) is 39.9 Å². The highest BCUT2D eigenvalue weighted by atomic mass is 16.5. The van der Waals surface area contributed by atoms with Crippen molar-refractivity contribution >= 4 is 11.5 Å². The van der Waals surface area contributed by atoms with Crippen LogP contribution in [0, 0.1) is 0 Å². The fourth-order valence-corrected chi connectivity index (χ4v) is 2.99. The molecule has 112 valence electrons. The molecular formula is C19H19NO2. The highest BCUT2D eigenvalue weighted by Crippen LogP contribution is 2.34. The fraction of sp³-hybridized carbons (Fsp3) is 0.211. The molecule has 0 saturated heterocycles. The third-order valence-electron chi connectivity index (χ3n) is 4.09. The van der Waals surface area contributed by atoms with Crippen molar-refractivity contribution in [3.8, 4) is 5.75 Å². The van der Waals surface area contributed by atoms with E-state index in [9.17, 15) is 4.79 Å². The molecule has 1 aliphatic rings. The van der Waals surface area contributed by atoms with Gasteiger partial charge in [0.2, 0.25) is 5.91 Å². The lowest BCUT2D eigenvalue weighted by Crippen LogP contribution is -2.14. The number of hydrogen-bond acceptors (Lipinski definition) is 2. The number of amides is 1. The molecular weight excluding hydrogens is 274 g/mol. The van der Waals surface area contributed by atoms with Crippen LogP contribution in [0.4, 0.5) is 0 Å². The van der Waals surface area contributed by atoms with E-state index >= 15 is 0 Å². The number of fused-ring (bicyclic) bond motifs is 1. The number of hydrogen-bond donors (Lipinski definition) is 1. The summed E-state index contributed by atoms with van der Waals surface area (Å²) in [5, 5.41) is 0. The van der Waals surface area contributed by atoms with E-state index in [1.54, 1.807) is 19.2 Å². The van der Waals surface area contributed by atoms with Gasteiger partial charge in [-0.25, -0.2) is 0 Å². The summed E-state index contributed by atoms with van der Waals surface area (Å²) >= 11 is 0. The van der Waals surface area contributed by atoms with E-state index in [0.29, 0.717) is 5.56 Å². The second kappa shape index (κ2) is 6.06. The lowest BCUT2D eigenvalue weighted by Gasteiger charge is -2.15. The Bertz CT molecular complexity index is 747. The third kappa shape index (κ3) is 2.62. The largest absolute Gasteiger partial charge is 0.497 e. The van der Waals surface area contributed by atoms with Gasteiger partial charge in [0.1, 0.15) is 5.75 Å². The van der Waals surface area contributed by atoms with Gasteiger partial charge < -0.3 is 10.5 Å². The number of aryl methyl sites for hydroxylation is 1. The number of allylic oxidation sites excluding steroid dienone is 1. The molecule has 1 amide bonds. The maximum Gasteiger partial charge on any atom is 0.249 e. The number of rotatable bonds is 3. The Hall–Kier alpha value is -2.55. The molecule has 0 radical (unpaired) electrons. The summed E-state index contributed by atoms with van der Waals surface area (Å²) in [7, 11) is 1.62. The minimum atomic E-state index is -0.416. The summed E-state index contributed by atoms with van der Waals surface area (Å²) in [6.45, 7) is 0. The van der Waals surface area contributed by atoms with Crippen LogP contribution in [0.15, 0.2) is 48.5 Å². The molecule has 0 spiro atoms. The van der Waals surface area contributed by atoms with Crippen LogP contribution in [0.2, 0.25) is 0 Å². The molecule has 2 N–H and O–H groups in total. The third-order valence-corrected chi connectivity index (χ3v) is 4.09. The first-order valence-electron chi connectivity index (χ1n) is 7.47. The van der Waals surface area contributed by atoms with Crippen molar-refractivity contribution in [3.05, 3.63) is 70.8 Å². The van der Waals surface area contributed by atoms with Crippen LogP contribution in [-0.2, 0) is 6.42 Å². The number of methoxy groups -OCH3 is 1. The molecule has 3 rings (SSSR count). The Kier molecular flexibility index (Phi) is 3.96. The SMILES string of the molecule is COc1ccc(C(N)=O)c(C2=CCCCc3ccccc32)c1. The molecule has 0 fully saturated rings. The highest BCUT2D eigenvalue weighted by Gasteiger charge is 2.18. The number of carbonyl (C=O) groups excluding carboxylic acids is 1. The van der Waals surface area contributed by atoms with Crippen LogP contribution in [-0.4, -0.2) is 13.0 Å². The van der Waals surface area contributed by atoms with Crippen molar-refractivity contribution in [1.82, 2.24) is 0 Å². The lowest BCUT2D eigenvalue weighted by molar-refractivity contribution is 0.1000. The minimum Gasteiger partial charge on any atom is -0.497 e. The molecule has 22 heavy (non-hydrogen) atoms. The maximum absolute atomic E-state index is 11.8. The van der Waals surface area contributed by atoms with E-state index in [4.69, 9.17) is 10.5 Å². The monoisotopic (exact) mass is 293 g/mol. The van der Waals surface area contributed by atoms with E-state index in [1.165, 1.54) is 11.1 Å². The Balaban J connectivity index is 2.22. The Labute approximate surface area is 130 Å². The Morgan fingerprint density at radius 1 is 1.14 bits per heavy atom. The number of nitrogens with two attached hydrogens (primary N) is 1. The first-order chi connectivity index (χ1) is 10.7. The first-order valence-corrected chi connectivity index (χ1v) is 7.47. The van der Waals surface area contributed by atoms with Crippen LogP contribution in [0.5, 0.6) is 5.75 Å². The number of carbonyl (C=O) groups is 1. The van der Waals surface area contributed by atoms with Gasteiger partial charge >= 0.3 is 0 Å². The normalized spacial score (nSPS) is 13.8. The summed E-state index contributed by atoms with van der Waals surface area (Å²) in [4.78, 5) is 11.8. The van der Waals surface area contributed by atoms with Gasteiger partial charge in [0.25, 0.3) is 0 Å². The molecule has 0 bridgehead atoms. The molecule has 0 aliphatic heterocycles. The zero-order chi connectivity index (χ0) is 15.5. The lowest BCUT2D eigenvalue weighted by atomic mass is 9.90. The van der Waals surface area contributed by atoms with Gasteiger partial charge in [-0.2, -0.15) is 0 Å². The van der Waals surface area contributed by atoms with Crippen LogP contribution < -0.4 is 10.5 Å². The average molecular weight is 293 g/mol. The van der Waals surface area contributed by atoms with E-state index in [-0.39, 0.29) is 0 Å². The molecule has 3 heteroatoms. The molecule has 2 aromatic carbocycles. The summed E-state index contributed by atoms with van der Waals surface area (Å²) in [6, 6.07) is 13.8. The fourth-order valence-electron chi connectivity index (χ4n) is 2.99. The minimum absolute atomic E-state index is 0.416. The molecule has 2 aromatic rings. The smallest absolute Gasteiger partial charge is 0.249 e. The summed E-state index contributed by atoms with van der Waals surface area (Å²) in [6.07, 6.45) is 5.34. The Morgan fingerprint density at radius 2 is 1.95 bits per heavy atom. The molecule has 1 aliphatic carbocycles. The highest BCUT2D eigenvalue weighted by molar-refractivity contribution is 6.00. The van der Waals surface area contributed by atoms with Crippen LogP contribution in [0.3, 0.4) is 0 Å². The van der Waals surface area contributed by atoms with Crippen LogP contribution >= 0.6 is 0 Å². The van der Waals surface area contributed by atoms with Crippen molar-refractivity contribution in [2.24, 2.45) is 5.73 Å². The van der Waals surface area contributed by atoms with Gasteiger partial charge in [-0.3, -0.25) is 4.79 Å². The van der Waals surface area contributed by atoms with Crippen LogP contribution in [0.25, 0.3) is 5.57 Å². The topological polar surface area (TPSA) is 52.3 Å². The molecule has 3 nitrogen and oxygen atoms in total. The van der Waals surface area contributed by atoms with Gasteiger partial charge in [-0.1, -0.05) is 30.3 Å². The van der Waals surface area contributed by atoms with E-state index in [0.717, 1.165) is 36.1 Å². The molecule has 0 saturated carbocycles. The van der Waals surface area contributed by atoms with Gasteiger partial charge in [-0.05, 0) is 59.7 Å². The van der Waals surface area contributed by atoms with Crippen molar-refractivity contribution < 1.29 is 9.53 Å². The number of benzene rings is 2. The zero-order valence-electron chi connectivity index (χ0n) is 12.6. The molecule has 0 heterocycles. The standard InChI is InChI=1S/C19H19NO2/c1-22-14-10-11-17(19(20)21)18(12-14)16-9-5-3-7-13-6-2-4-8-15(13)16/h2,4,6,8-12H,3,5,7H2,1H3,(H2,20,21). The molecule has 0 atom stereocenters. The van der Waals surface area contributed by atoms with E-state index < -0.39 is 5.91 Å². The van der Waals surface area contributed by atoms with Crippen molar-refractivity contribution in [2.45, 2.75) is 19.3 Å². The van der Waals surface area contributed by atoms with E-state index in [1.807, 2.05) is 12.1 Å².